The summed E-state index contributed by atoms with van der Waals surface area (Å²) in [6.07, 6.45) is 8.25. The van der Waals surface area contributed by atoms with E-state index >= 15 is 0 Å². The Bertz CT molecular complexity index is 422. The van der Waals surface area contributed by atoms with E-state index in [1.165, 1.54) is 19.3 Å². The summed E-state index contributed by atoms with van der Waals surface area (Å²) in [6, 6.07) is 0.380. The molecule has 21 heavy (non-hydrogen) atoms. The Morgan fingerprint density at radius 2 is 1.67 bits per heavy atom. The van der Waals surface area contributed by atoms with Gasteiger partial charge in [0.05, 0.1) is 11.8 Å². The average Bonchev–Trinajstić information content (AvgIpc) is 2.97. The second-order valence-corrected chi connectivity index (χ2v) is 7.30. The monoisotopic (exact) mass is 293 g/mol. The molecule has 0 bridgehead atoms. The molecule has 3 fully saturated rings. The van der Waals surface area contributed by atoms with E-state index in [2.05, 4.69) is 11.8 Å². The lowest BCUT2D eigenvalue weighted by Crippen LogP contribution is -2.54. The van der Waals surface area contributed by atoms with Gasteiger partial charge in [0, 0.05) is 12.6 Å². The number of nitrogens with zero attached hydrogens (tertiary/aromatic N) is 1. The Kier molecular flexibility index (Phi) is 4.23. The van der Waals surface area contributed by atoms with E-state index in [4.69, 9.17) is 0 Å². The Morgan fingerprint density at radius 1 is 0.952 bits per heavy atom. The number of carbonyl (C=O) groups is 2. The molecule has 0 aromatic rings. The molecule has 1 amide bonds. The fourth-order valence-electron chi connectivity index (χ4n) is 4.95. The van der Waals surface area contributed by atoms with Crippen LogP contribution in [-0.2, 0) is 9.59 Å². The summed E-state index contributed by atoms with van der Waals surface area (Å²) in [5.74, 6) is -0.00294. The van der Waals surface area contributed by atoms with Gasteiger partial charge in [-0.25, -0.2) is 0 Å². The number of likely N-dealkylation sites (tertiary alicyclic amines) is 1. The largest absolute Gasteiger partial charge is 0.481 e. The van der Waals surface area contributed by atoms with E-state index in [1.54, 1.807) is 0 Å². The Morgan fingerprint density at radius 3 is 2.43 bits per heavy atom. The quantitative estimate of drug-likeness (QED) is 0.851. The van der Waals surface area contributed by atoms with E-state index in [0.29, 0.717) is 24.3 Å². The minimum atomic E-state index is -0.781. The van der Waals surface area contributed by atoms with E-state index in [1.807, 2.05) is 0 Å². The normalized spacial score (nSPS) is 39.9. The van der Waals surface area contributed by atoms with Crippen LogP contribution in [0.2, 0.25) is 0 Å². The fourth-order valence-corrected chi connectivity index (χ4v) is 4.95. The summed E-state index contributed by atoms with van der Waals surface area (Å²) in [5, 5.41) is 9.33. The lowest BCUT2D eigenvalue weighted by atomic mass is 9.72. The molecule has 0 aromatic heterocycles. The first-order valence-corrected chi connectivity index (χ1v) is 8.63. The molecule has 3 unspecified atom stereocenters. The SMILES string of the molecule is CC1CCN(C(=O)[C@@H]2CCC[C@@H]2C(=O)O)C2CCCCC12. The number of fused-ring (bicyclic) bond motifs is 1. The molecule has 1 heterocycles. The van der Waals surface area contributed by atoms with E-state index in [9.17, 15) is 14.7 Å². The molecule has 1 saturated heterocycles. The summed E-state index contributed by atoms with van der Waals surface area (Å²) in [7, 11) is 0. The predicted octanol–water partition coefficient (Wildman–Crippen LogP) is 2.91. The van der Waals surface area contributed by atoms with Gasteiger partial charge >= 0.3 is 5.97 Å². The average molecular weight is 293 g/mol. The molecule has 4 heteroatoms. The van der Waals surface area contributed by atoms with Gasteiger partial charge in [0.1, 0.15) is 0 Å². The topological polar surface area (TPSA) is 57.6 Å². The zero-order valence-electron chi connectivity index (χ0n) is 13.0. The minimum absolute atomic E-state index is 0.142. The lowest BCUT2D eigenvalue weighted by Gasteiger charge is -2.48. The molecule has 2 aliphatic carbocycles. The zero-order chi connectivity index (χ0) is 15.0. The summed E-state index contributed by atoms with van der Waals surface area (Å²) < 4.78 is 0. The van der Waals surface area contributed by atoms with Gasteiger partial charge in [-0.1, -0.05) is 26.2 Å². The van der Waals surface area contributed by atoms with Gasteiger partial charge in [-0.05, 0) is 43.9 Å². The van der Waals surface area contributed by atoms with Crippen molar-refractivity contribution in [3.05, 3.63) is 0 Å². The van der Waals surface area contributed by atoms with Crippen molar-refractivity contribution in [2.75, 3.05) is 6.54 Å². The molecule has 0 radical (unpaired) electrons. The highest BCUT2D eigenvalue weighted by atomic mass is 16.4. The van der Waals surface area contributed by atoms with E-state index < -0.39 is 11.9 Å². The highest BCUT2D eigenvalue weighted by molar-refractivity contribution is 5.85. The Labute approximate surface area is 126 Å². The molecule has 2 saturated carbocycles. The number of amides is 1. The standard InChI is InChI=1S/C17H27NO3/c1-11-9-10-18(15-8-3-2-5-12(11)15)16(19)13-6-4-7-14(13)17(20)21/h11-15H,2-10H2,1H3,(H,20,21)/t11?,12?,13-,14+,15?/m1/s1. The number of carboxylic acids is 1. The zero-order valence-corrected chi connectivity index (χ0v) is 13.0. The molecular weight excluding hydrogens is 266 g/mol. The molecule has 5 atom stereocenters. The number of hydrogen-bond donors (Lipinski definition) is 1. The third kappa shape index (κ3) is 2.69. The summed E-state index contributed by atoms with van der Waals surface area (Å²) in [6.45, 7) is 3.16. The van der Waals surface area contributed by atoms with Crippen molar-refractivity contribution >= 4 is 11.9 Å². The number of piperidine rings is 1. The van der Waals surface area contributed by atoms with Gasteiger partial charge in [0.2, 0.25) is 5.91 Å². The molecular formula is C17H27NO3. The van der Waals surface area contributed by atoms with Gasteiger partial charge in [-0.3, -0.25) is 9.59 Å². The first-order valence-electron chi connectivity index (χ1n) is 8.63. The van der Waals surface area contributed by atoms with Crippen molar-refractivity contribution in [2.24, 2.45) is 23.7 Å². The fraction of sp³-hybridized carbons (Fsp3) is 0.882. The molecule has 1 N–H and O–H groups in total. The maximum absolute atomic E-state index is 12.9. The maximum Gasteiger partial charge on any atom is 0.307 e. The maximum atomic E-state index is 12.9. The van der Waals surface area contributed by atoms with Crippen LogP contribution in [0.5, 0.6) is 0 Å². The molecule has 3 aliphatic rings. The summed E-state index contributed by atoms with van der Waals surface area (Å²) in [4.78, 5) is 26.4. The van der Waals surface area contributed by atoms with Crippen molar-refractivity contribution in [3.63, 3.8) is 0 Å². The number of rotatable bonds is 2. The number of carbonyl (C=O) groups excluding carboxylic acids is 1. The molecule has 4 nitrogen and oxygen atoms in total. The van der Waals surface area contributed by atoms with Crippen LogP contribution in [0.4, 0.5) is 0 Å². The van der Waals surface area contributed by atoms with Crippen molar-refractivity contribution in [1.29, 1.82) is 0 Å². The van der Waals surface area contributed by atoms with Gasteiger partial charge < -0.3 is 10.0 Å². The predicted molar refractivity (Wildman–Crippen MR) is 79.7 cm³/mol. The third-order valence-corrected chi connectivity index (χ3v) is 6.17. The van der Waals surface area contributed by atoms with Gasteiger partial charge in [-0.2, -0.15) is 0 Å². The Hall–Kier alpha value is -1.06. The second kappa shape index (κ2) is 5.98. The van der Waals surface area contributed by atoms with Crippen LogP contribution in [0.1, 0.15) is 58.3 Å². The van der Waals surface area contributed by atoms with Crippen LogP contribution in [0.15, 0.2) is 0 Å². The molecule has 0 spiro atoms. The number of carboxylic acid groups (broad SMARTS) is 1. The summed E-state index contributed by atoms with van der Waals surface area (Å²) >= 11 is 0. The smallest absolute Gasteiger partial charge is 0.307 e. The van der Waals surface area contributed by atoms with Gasteiger partial charge in [-0.15, -0.1) is 0 Å². The van der Waals surface area contributed by atoms with Crippen LogP contribution < -0.4 is 0 Å². The second-order valence-electron chi connectivity index (χ2n) is 7.30. The molecule has 0 aromatic carbocycles. The number of hydrogen-bond acceptors (Lipinski definition) is 2. The Balaban J connectivity index is 1.75. The first kappa shape index (κ1) is 14.9. The van der Waals surface area contributed by atoms with Gasteiger partial charge in [0.25, 0.3) is 0 Å². The van der Waals surface area contributed by atoms with Crippen LogP contribution in [0.3, 0.4) is 0 Å². The highest BCUT2D eigenvalue weighted by Gasteiger charge is 2.45. The molecule has 1 aliphatic heterocycles. The van der Waals surface area contributed by atoms with Crippen LogP contribution in [0.25, 0.3) is 0 Å². The molecule has 118 valence electrons. The van der Waals surface area contributed by atoms with Crippen molar-refractivity contribution in [1.82, 2.24) is 4.90 Å². The van der Waals surface area contributed by atoms with Crippen molar-refractivity contribution in [2.45, 2.75) is 64.3 Å². The van der Waals surface area contributed by atoms with Crippen LogP contribution in [-0.4, -0.2) is 34.5 Å². The lowest BCUT2D eigenvalue weighted by molar-refractivity contribution is -0.152. The first-order chi connectivity index (χ1) is 10.1. The minimum Gasteiger partial charge on any atom is -0.481 e. The van der Waals surface area contributed by atoms with Crippen molar-refractivity contribution < 1.29 is 14.7 Å². The third-order valence-electron chi connectivity index (χ3n) is 6.17. The van der Waals surface area contributed by atoms with E-state index in [-0.39, 0.29) is 11.8 Å². The summed E-state index contributed by atoms with van der Waals surface area (Å²) in [5.41, 5.74) is 0. The van der Waals surface area contributed by atoms with Crippen molar-refractivity contribution in [3.8, 4) is 0 Å². The van der Waals surface area contributed by atoms with Crippen LogP contribution >= 0.6 is 0 Å². The van der Waals surface area contributed by atoms with Crippen LogP contribution in [0, 0.1) is 23.7 Å². The number of aliphatic carboxylic acids is 1. The van der Waals surface area contributed by atoms with E-state index in [0.717, 1.165) is 32.2 Å². The molecule has 3 rings (SSSR count). The highest BCUT2D eigenvalue weighted by Crippen LogP contribution is 2.41. The van der Waals surface area contributed by atoms with Gasteiger partial charge in [0.15, 0.2) is 0 Å².